The minimum atomic E-state index is -4.67. The van der Waals surface area contributed by atoms with Crippen LogP contribution in [-0.2, 0) is 58.8 Å². The molecule has 1 unspecified atom stereocenters. The number of carbonyl (C=O) groups is 3. The van der Waals surface area contributed by atoms with Gasteiger partial charge in [-0.05, 0) is 82.8 Å². The molecular weight excluding hydrogens is 838 g/mol. The maximum absolute atomic E-state index is 14.2. The second-order valence-corrected chi connectivity index (χ2v) is 17.8. The molecular formula is C49H49F3N8O5. The van der Waals surface area contributed by atoms with E-state index in [4.69, 9.17) is 4.84 Å². The van der Waals surface area contributed by atoms with Crippen LogP contribution in [0.25, 0.3) is 0 Å². The Morgan fingerprint density at radius 3 is 2.29 bits per heavy atom. The number of anilines is 3. The van der Waals surface area contributed by atoms with Crippen molar-refractivity contribution in [1.82, 2.24) is 30.0 Å². The van der Waals surface area contributed by atoms with Crippen molar-refractivity contribution in [2.45, 2.75) is 88.6 Å². The van der Waals surface area contributed by atoms with Crippen LogP contribution in [0, 0.1) is 0 Å². The van der Waals surface area contributed by atoms with E-state index < -0.39 is 35.3 Å². The Bertz CT molecular complexity index is 2620. The average molecular weight is 887 g/mol. The van der Waals surface area contributed by atoms with Crippen LogP contribution < -0.4 is 15.7 Å². The summed E-state index contributed by atoms with van der Waals surface area (Å²) in [5, 5.41) is 18.5. The molecule has 3 saturated heterocycles. The summed E-state index contributed by atoms with van der Waals surface area (Å²) >= 11 is 0. The lowest BCUT2D eigenvalue weighted by atomic mass is 9.83. The molecule has 5 aliphatic rings. The predicted molar refractivity (Wildman–Crippen MR) is 234 cm³/mol. The van der Waals surface area contributed by atoms with E-state index in [-0.39, 0.29) is 43.2 Å². The van der Waals surface area contributed by atoms with Crippen molar-refractivity contribution in [3.8, 4) is 0 Å². The number of aromatic nitrogens is 2. The van der Waals surface area contributed by atoms with Crippen LogP contribution in [-0.4, -0.2) is 79.8 Å². The molecule has 5 aromatic rings. The Labute approximate surface area is 374 Å². The molecule has 0 bridgehead atoms. The number of piperidine rings is 2. The summed E-state index contributed by atoms with van der Waals surface area (Å²) in [7, 11) is 0. The maximum Gasteiger partial charge on any atom is 0.421 e. The van der Waals surface area contributed by atoms with Crippen LogP contribution >= 0.6 is 0 Å². The van der Waals surface area contributed by atoms with Crippen molar-refractivity contribution < 1.29 is 37.5 Å². The zero-order valence-corrected chi connectivity index (χ0v) is 35.7. The number of hydrogen-bond donors (Lipinski definition) is 3. The number of amides is 3. The standard InChI is InChI=1S/C49H49F3N8O5/c50-49(51,52)40-26-53-47(56-44(40)60-41(17-23-65-60)33-4-2-1-3-5-33)54-38-12-10-35-29-58(20-16-34(35)25-38)28-32-8-6-31(7-9-32)27-57-21-18-48(64,19-22-57)37-11-13-39-36(24-37)30-59(46(39)63)42-14-15-43(61)55-45(42)62/h1-13,24-26,41-42,64H,14-23,27-30H2,(H,53,54,56)(H,55,61,62)/t41-,42?/m0/s1. The molecule has 0 saturated carbocycles. The number of fused-ring (bicyclic) bond motifs is 2. The van der Waals surface area contributed by atoms with Gasteiger partial charge < -0.3 is 15.3 Å². The number of benzene rings is 4. The largest absolute Gasteiger partial charge is 0.421 e. The Morgan fingerprint density at radius 1 is 0.800 bits per heavy atom. The molecule has 3 N–H and O–H groups in total. The molecule has 0 aliphatic carbocycles. The van der Waals surface area contributed by atoms with Crippen LogP contribution in [0.1, 0.15) is 93.0 Å². The molecule has 4 aromatic carbocycles. The summed E-state index contributed by atoms with van der Waals surface area (Å²) in [5.41, 5.74) is 6.43. The number of rotatable bonds is 10. The monoisotopic (exact) mass is 886 g/mol. The normalized spacial score (nSPS) is 21.3. The fourth-order valence-electron chi connectivity index (χ4n) is 9.91. The molecule has 336 valence electrons. The predicted octanol–water partition coefficient (Wildman–Crippen LogP) is 6.92. The van der Waals surface area contributed by atoms with Gasteiger partial charge in [0.2, 0.25) is 17.8 Å². The summed E-state index contributed by atoms with van der Waals surface area (Å²) in [6, 6.07) is 28.4. The Kier molecular flexibility index (Phi) is 11.4. The second-order valence-electron chi connectivity index (χ2n) is 17.8. The number of nitrogens with one attached hydrogen (secondary N) is 2. The van der Waals surface area contributed by atoms with Gasteiger partial charge >= 0.3 is 6.18 Å². The first kappa shape index (κ1) is 42.7. The van der Waals surface area contributed by atoms with E-state index in [1.165, 1.54) is 26.7 Å². The number of aliphatic hydroxyl groups is 1. The third kappa shape index (κ3) is 8.83. The number of carbonyl (C=O) groups excluding carboxylic acids is 3. The zero-order chi connectivity index (χ0) is 44.9. The highest BCUT2D eigenvalue weighted by Gasteiger charge is 2.42. The molecule has 0 spiro atoms. The fraction of sp³-hybridized carbons (Fsp3) is 0.367. The van der Waals surface area contributed by atoms with Crippen LogP contribution in [0.2, 0.25) is 0 Å². The summed E-state index contributed by atoms with van der Waals surface area (Å²) in [6.07, 6.45) is -0.903. The topological polar surface area (TPSA) is 143 Å². The van der Waals surface area contributed by atoms with E-state index in [0.29, 0.717) is 50.0 Å². The number of alkyl halides is 3. The number of imide groups is 1. The average Bonchev–Trinajstić information content (AvgIpc) is 3.92. The van der Waals surface area contributed by atoms with E-state index in [9.17, 15) is 32.7 Å². The summed E-state index contributed by atoms with van der Waals surface area (Å²) in [6.45, 7) is 5.14. The number of likely N-dealkylation sites (tertiary alicyclic amines) is 1. The third-order valence-electron chi connectivity index (χ3n) is 13.5. The molecule has 1 aromatic heterocycles. The van der Waals surface area contributed by atoms with Crippen molar-refractivity contribution in [3.63, 3.8) is 0 Å². The van der Waals surface area contributed by atoms with Gasteiger partial charge in [0.15, 0.2) is 5.82 Å². The van der Waals surface area contributed by atoms with Crippen LogP contribution in [0.5, 0.6) is 0 Å². The van der Waals surface area contributed by atoms with E-state index in [1.54, 1.807) is 6.07 Å². The minimum absolute atomic E-state index is 0.0513. The molecule has 3 fully saturated rings. The lowest BCUT2D eigenvalue weighted by Crippen LogP contribution is -2.52. The van der Waals surface area contributed by atoms with Gasteiger partial charge in [-0.15, -0.1) is 0 Å². The molecule has 2 atom stereocenters. The van der Waals surface area contributed by atoms with E-state index in [0.717, 1.165) is 61.1 Å². The van der Waals surface area contributed by atoms with Gasteiger partial charge in [-0.25, -0.2) is 10.0 Å². The number of hydrogen-bond acceptors (Lipinski definition) is 11. The quantitative estimate of drug-likeness (QED) is 0.126. The van der Waals surface area contributed by atoms with Crippen LogP contribution in [0.4, 0.5) is 30.6 Å². The fourth-order valence-corrected chi connectivity index (χ4v) is 9.91. The maximum atomic E-state index is 14.2. The van der Waals surface area contributed by atoms with Crippen molar-refractivity contribution in [3.05, 3.63) is 147 Å². The first-order valence-corrected chi connectivity index (χ1v) is 22.2. The van der Waals surface area contributed by atoms with Crippen LogP contribution in [0.3, 0.4) is 0 Å². The molecule has 6 heterocycles. The van der Waals surface area contributed by atoms with E-state index in [1.807, 2.05) is 54.6 Å². The highest BCUT2D eigenvalue weighted by Crippen LogP contribution is 2.42. The molecule has 10 rings (SSSR count). The molecule has 13 nitrogen and oxygen atoms in total. The zero-order valence-electron chi connectivity index (χ0n) is 35.7. The van der Waals surface area contributed by atoms with Gasteiger partial charge in [0, 0.05) is 76.1 Å². The number of halogens is 3. The molecule has 16 heteroatoms. The first-order chi connectivity index (χ1) is 31.4. The van der Waals surface area contributed by atoms with Crippen molar-refractivity contribution >= 4 is 35.2 Å². The van der Waals surface area contributed by atoms with Gasteiger partial charge in [0.05, 0.1) is 18.2 Å². The van der Waals surface area contributed by atoms with Gasteiger partial charge in [-0.3, -0.25) is 34.3 Å². The summed E-state index contributed by atoms with van der Waals surface area (Å²) in [4.78, 5) is 57.8. The highest BCUT2D eigenvalue weighted by molar-refractivity contribution is 6.05. The summed E-state index contributed by atoms with van der Waals surface area (Å²) < 4.78 is 42.6. The number of nitrogens with zero attached hydrogens (tertiary/aromatic N) is 6. The lowest BCUT2D eigenvalue weighted by Gasteiger charge is -2.38. The first-order valence-electron chi connectivity index (χ1n) is 22.2. The molecule has 0 radical (unpaired) electrons. The molecule has 5 aliphatic heterocycles. The Hall–Kier alpha value is -6.20. The molecule has 65 heavy (non-hydrogen) atoms. The highest BCUT2D eigenvalue weighted by atomic mass is 19.4. The minimum Gasteiger partial charge on any atom is -0.385 e. The van der Waals surface area contributed by atoms with Gasteiger partial charge in [0.25, 0.3) is 5.91 Å². The van der Waals surface area contributed by atoms with E-state index >= 15 is 0 Å². The van der Waals surface area contributed by atoms with Crippen molar-refractivity contribution in [2.75, 3.05) is 36.6 Å². The van der Waals surface area contributed by atoms with Gasteiger partial charge in [-0.1, -0.05) is 72.8 Å². The lowest BCUT2D eigenvalue weighted by molar-refractivity contribution is -0.138. The summed E-state index contributed by atoms with van der Waals surface area (Å²) in [5.74, 6) is -1.25. The van der Waals surface area contributed by atoms with Crippen LogP contribution in [0.15, 0.2) is 97.2 Å². The third-order valence-corrected chi connectivity index (χ3v) is 13.5. The van der Waals surface area contributed by atoms with Gasteiger partial charge in [0.1, 0.15) is 11.6 Å². The SMILES string of the molecule is O=C1CCC(N2Cc3cc(C4(O)CCN(Cc5ccc(CN6CCc7cc(Nc8ncc(C(F)(F)F)c(N9OCC[C@H]9c9ccccc9)n8)ccc7C6)cc5)CC4)ccc3C2=O)C(=O)N1. The van der Waals surface area contributed by atoms with Gasteiger partial charge in [-0.2, -0.15) is 18.2 Å². The smallest absolute Gasteiger partial charge is 0.385 e. The van der Waals surface area contributed by atoms with Crippen molar-refractivity contribution in [1.29, 1.82) is 0 Å². The Balaban J connectivity index is 0.722. The second kappa shape index (κ2) is 17.3. The van der Waals surface area contributed by atoms with Crippen molar-refractivity contribution in [2.24, 2.45) is 0 Å². The molecule has 3 amide bonds. The number of hydroxylamine groups is 1. The van der Waals surface area contributed by atoms with E-state index in [2.05, 4.69) is 60.7 Å². The Morgan fingerprint density at radius 2 is 1.55 bits per heavy atom.